The molecule has 0 unspecified atom stereocenters. The van der Waals surface area contributed by atoms with E-state index in [2.05, 4.69) is 0 Å². The second-order valence-electron chi connectivity index (χ2n) is 6.04. The Bertz CT molecular complexity index is 485. The Hall–Kier alpha value is -1.59. The molecule has 1 amide bonds. The minimum Gasteiger partial charge on any atom is -0.496 e. The van der Waals surface area contributed by atoms with E-state index in [4.69, 9.17) is 4.74 Å². The van der Waals surface area contributed by atoms with Crippen molar-refractivity contribution in [3.63, 3.8) is 0 Å². The number of aliphatic hydroxyl groups is 1. The van der Waals surface area contributed by atoms with Crippen molar-refractivity contribution in [2.45, 2.75) is 32.2 Å². The summed E-state index contributed by atoms with van der Waals surface area (Å²) in [6.45, 7) is 3.20. The largest absolute Gasteiger partial charge is 0.496 e. The summed E-state index contributed by atoms with van der Waals surface area (Å²) in [5, 5.41) is 9.31. The van der Waals surface area contributed by atoms with E-state index in [9.17, 15) is 9.90 Å². The molecule has 1 fully saturated rings. The van der Waals surface area contributed by atoms with E-state index >= 15 is 0 Å². The Morgan fingerprint density at radius 3 is 2.57 bits per heavy atom. The maximum Gasteiger partial charge on any atom is 0.236 e. The standard InChI is InChI=1S/C18H28N2O3/c1-23-17-9-5-4-8-16(17)14-19(12-13-21)15-18(22)20-10-6-2-3-7-11-20/h4-5,8-9,21H,2-3,6-7,10-15H2,1H3. The third-order valence-electron chi connectivity index (χ3n) is 4.32. The lowest BCUT2D eigenvalue weighted by atomic mass is 10.2. The lowest BCUT2D eigenvalue weighted by Crippen LogP contribution is -2.41. The molecule has 0 aliphatic carbocycles. The fourth-order valence-electron chi connectivity index (χ4n) is 3.04. The molecule has 2 rings (SSSR count). The van der Waals surface area contributed by atoms with E-state index in [0.29, 0.717) is 19.6 Å². The van der Waals surface area contributed by atoms with Crippen LogP contribution in [-0.2, 0) is 11.3 Å². The zero-order valence-corrected chi connectivity index (χ0v) is 14.0. The van der Waals surface area contributed by atoms with E-state index in [1.165, 1.54) is 12.8 Å². The molecule has 23 heavy (non-hydrogen) atoms. The molecule has 0 atom stereocenters. The lowest BCUT2D eigenvalue weighted by Gasteiger charge is -2.26. The quantitative estimate of drug-likeness (QED) is 0.833. The van der Waals surface area contributed by atoms with E-state index in [-0.39, 0.29) is 12.5 Å². The van der Waals surface area contributed by atoms with Crippen LogP contribution in [-0.4, -0.2) is 60.7 Å². The molecule has 0 spiro atoms. The molecule has 0 saturated carbocycles. The summed E-state index contributed by atoms with van der Waals surface area (Å²) in [6.07, 6.45) is 4.62. The van der Waals surface area contributed by atoms with Gasteiger partial charge in [-0.25, -0.2) is 0 Å². The van der Waals surface area contributed by atoms with Gasteiger partial charge in [0.05, 0.1) is 20.3 Å². The summed E-state index contributed by atoms with van der Waals surface area (Å²) in [5.41, 5.74) is 1.03. The van der Waals surface area contributed by atoms with Gasteiger partial charge in [-0.05, 0) is 18.9 Å². The van der Waals surface area contributed by atoms with E-state index in [1.807, 2.05) is 34.1 Å². The number of ether oxygens (including phenoxy) is 1. The maximum atomic E-state index is 12.6. The van der Waals surface area contributed by atoms with Gasteiger partial charge in [0.15, 0.2) is 0 Å². The lowest BCUT2D eigenvalue weighted by molar-refractivity contribution is -0.132. The predicted molar refractivity (Wildman–Crippen MR) is 90.4 cm³/mol. The van der Waals surface area contributed by atoms with Gasteiger partial charge in [0.2, 0.25) is 5.91 Å². The predicted octanol–water partition coefficient (Wildman–Crippen LogP) is 1.89. The van der Waals surface area contributed by atoms with Gasteiger partial charge >= 0.3 is 0 Å². The summed E-state index contributed by atoms with van der Waals surface area (Å²) < 4.78 is 5.38. The number of rotatable bonds is 7. The highest BCUT2D eigenvalue weighted by Crippen LogP contribution is 2.19. The van der Waals surface area contributed by atoms with Crippen LogP contribution < -0.4 is 4.74 Å². The summed E-state index contributed by atoms with van der Waals surface area (Å²) in [5.74, 6) is 0.980. The Morgan fingerprint density at radius 2 is 1.91 bits per heavy atom. The second kappa shape index (κ2) is 9.53. The van der Waals surface area contributed by atoms with Crippen LogP contribution in [0.3, 0.4) is 0 Å². The molecule has 1 aromatic rings. The van der Waals surface area contributed by atoms with Gasteiger partial charge in [-0.15, -0.1) is 0 Å². The molecule has 1 saturated heterocycles. The highest BCUT2D eigenvalue weighted by molar-refractivity contribution is 5.78. The number of benzene rings is 1. The van der Waals surface area contributed by atoms with Gasteiger partial charge in [-0.3, -0.25) is 9.69 Å². The number of para-hydroxylation sites is 1. The number of likely N-dealkylation sites (tertiary alicyclic amines) is 1. The van der Waals surface area contributed by atoms with Crippen LogP contribution in [0.15, 0.2) is 24.3 Å². The van der Waals surface area contributed by atoms with Gasteiger partial charge in [-0.2, -0.15) is 0 Å². The minimum atomic E-state index is 0.0441. The van der Waals surface area contributed by atoms with Gasteiger partial charge in [0.25, 0.3) is 0 Å². The molecular weight excluding hydrogens is 292 g/mol. The van der Waals surface area contributed by atoms with Crippen LogP contribution in [0.5, 0.6) is 5.75 Å². The molecular formula is C18H28N2O3. The normalized spacial score (nSPS) is 15.5. The second-order valence-corrected chi connectivity index (χ2v) is 6.04. The van der Waals surface area contributed by atoms with E-state index < -0.39 is 0 Å². The fraction of sp³-hybridized carbons (Fsp3) is 0.611. The molecule has 0 aromatic heterocycles. The monoisotopic (exact) mass is 320 g/mol. The molecule has 5 nitrogen and oxygen atoms in total. The van der Waals surface area contributed by atoms with Crippen LogP contribution >= 0.6 is 0 Å². The maximum absolute atomic E-state index is 12.6. The van der Waals surface area contributed by atoms with Crippen molar-refractivity contribution in [2.75, 3.05) is 39.9 Å². The molecule has 1 heterocycles. The highest BCUT2D eigenvalue weighted by Gasteiger charge is 2.19. The molecule has 0 bridgehead atoms. The zero-order valence-electron chi connectivity index (χ0n) is 14.0. The first-order chi connectivity index (χ1) is 11.2. The van der Waals surface area contributed by atoms with Gasteiger partial charge < -0.3 is 14.7 Å². The summed E-state index contributed by atoms with van der Waals surface area (Å²) in [4.78, 5) is 16.5. The highest BCUT2D eigenvalue weighted by atomic mass is 16.5. The average molecular weight is 320 g/mol. The fourth-order valence-corrected chi connectivity index (χ4v) is 3.04. The smallest absolute Gasteiger partial charge is 0.236 e. The van der Waals surface area contributed by atoms with E-state index in [1.54, 1.807) is 7.11 Å². The minimum absolute atomic E-state index is 0.0441. The molecule has 1 aromatic carbocycles. The first kappa shape index (κ1) is 17.8. The molecule has 1 aliphatic rings. The Labute approximate surface area is 138 Å². The van der Waals surface area contributed by atoms with Crippen molar-refractivity contribution in [1.82, 2.24) is 9.80 Å². The van der Waals surface area contributed by atoms with Crippen LogP contribution in [0, 0.1) is 0 Å². The number of methoxy groups -OCH3 is 1. The Balaban J connectivity index is 1.98. The number of hydrogen-bond acceptors (Lipinski definition) is 4. The van der Waals surface area contributed by atoms with Crippen molar-refractivity contribution in [3.8, 4) is 5.75 Å². The molecule has 1 N–H and O–H groups in total. The number of hydrogen-bond donors (Lipinski definition) is 1. The van der Waals surface area contributed by atoms with Crippen LogP contribution in [0.25, 0.3) is 0 Å². The topological polar surface area (TPSA) is 53.0 Å². The third-order valence-corrected chi connectivity index (χ3v) is 4.32. The first-order valence-corrected chi connectivity index (χ1v) is 8.47. The van der Waals surface area contributed by atoms with Gasteiger partial charge in [-0.1, -0.05) is 31.0 Å². The first-order valence-electron chi connectivity index (χ1n) is 8.47. The van der Waals surface area contributed by atoms with Crippen LogP contribution in [0.1, 0.15) is 31.2 Å². The van der Waals surface area contributed by atoms with Crippen LogP contribution in [0.2, 0.25) is 0 Å². The number of amides is 1. The molecule has 1 aliphatic heterocycles. The van der Waals surface area contributed by atoms with Crippen LogP contribution in [0.4, 0.5) is 0 Å². The van der Waals surface area contributed by atoms with Crippen molar-refractivity contribution >= 4 is 5.91 Å². The zero-order chi connectivity index (χ0) is 16.5. The van der Waals surface area contributed by atoms with Crippen molar-refractivity contribution in [1.29, 1.82) is 0 Å². The number of carbonyl (C=O) groups excluding carboxylic acids is 1. The van der Waals surface area contributed by atoms with Gasteiger partial charge in [0.1, 0.15) is 5.75 Å². The SMILES string of the molecule is COc1ccccc1CN(CCO)CC(=O)N1CCCCCC1. The van der Waals surface area contributed by atoms with Crippen molar-refractivity contribution in [3.05, 3.63) is 29.8 Å². The molecule has 128 valence electrons. The number of nitrogens with zero attached hydrogens (tertiary/aromatic N) is 2. The number of carbonyl (C=O) groups is 1. The van der Waals surface area contributed by atoms with E-state index in [0.717, 1.165) is 37.2 Å². The third kappa shape index (κ3) is 5.52. The Morgan fingerprint density at radius 1 is 1.22 bits per heavy atom. The van der Waals surface area contributed by atoms with Crippen molar-refractivity contribution in [2.24, 2.45) is 0 Å². The van der Waals surface area contributed by atoms with Crippen molar-refractivity contribution < 1.29 is 14.6 Å². The molecule has 5 heteroatoms. The number of aliphatic hydroxyl groups excluding tert-OH is 1. The average Bonchev–Trinajstić information content (AvgIpc) is 2.85. The Kier molecular flexibility index (Phi) is 7.36. The van der Waals surface area contributed by atoms with Gasteiger partial charge in [0, 0.05) is 31.7 Å². The molecule has 0 radical (unpaired) electrons. The summed E-state index contributed by atoms with van der Waals surface area (Å²) in [6, 6.07) is 7.81. The summed E-state index contributed by atoms with van der Waals surface area (Å²) >= 11 is 0. The summed E-state index contributed by atoms with van der Waals surface area (Å²) in [7, 11) is 1.65.